The molecule has 3 nitrogen and oxygen atoms in total. The third-order valence-corrected chi connectivity index (χ3v) is 3.30. The van der Waals surface area contributed by atoms with Gasteiger partial charge in [0, 0.05) is 18.7 Å². The Balaban J connectivity index is 2.30. The molecule has 0 saturated carbocycles. The predicted octanol–water partition coefficient (Wildman–Crippen LogP) is 1.28. The smallest absolute Gasteiger partial charge is 0.109 e. The molecule has 0 aromatic carbocycles. The molecule has 1 atom stereocenters. The molecule has 1 aliphatic rings. The lowest BCUT2D eigenvalue weighted by Crippen LogP contribution is -2.25. The summed E-state index contributed by atoms with van der Waals surface area (Å²) in [6, 6.07) is 0. The van der Waals surface area contributed by atoms with Crippen molar-refractivity contribution in [1.29, 1.82) is 0 Å². The lowest BCUT2D eigenvalue weighted by molar-refractivity contribution is 0.386. The molecule has 2 heterocycles. The topological polar surface area (TPSA) is 43.8 Å². The summed E-state index contributed by atoms with van der Waals surface area (Å²) in [6.45, 7) is 6.25. The quantitative estimate of drug-likeness (QED) is 0.769. The molecule has 0 saturated heterocycles. The van der Waals surface area contributed by atoms with Crippen molar-refractivity contribution in [2.75, 3.05) is 6.54 Å². The highest BCUT2D eigenvalue weighted by Crippen LogP contribution is 2.22. The fourth-order valence-electron chi connectivity index (χ4n) is 2.31. The first-order valence-corrected chi connectivity index (χ1v) is 5.51. The zero-order valence-corrected chi connectivity index (χ0v) is 9.08. The van der Waals surface area contributed by atoms with Gasteiger partial charge in [-0.2, -0.15) is 0 Å². The third-order valence-electron chi connectivity index (χ3n) is 3.30. The summed E-state index contributed by atoms with van der Waals surface area (Å²) in [5, 5.41) is 0. The van der Waals surface area contributed by atoms with Crippen molar-refractivity contribution in [3.63, 3.8) is 0 Å². The van der Waals surface area contributed by atoms with Crippen LogP contribution in [0.3, 0.4) is 0 Å². The first-order valence-electron chi connectivity index (χ1n) is 5.51. The molecule has 2 N–H and O–H groups in total. The van der Waals surface area contributed by atoms with E-state index in [0.29, 0.717) is 5.92 Å². The van der Waals surface area contributed by atoms with E-state index in [4.69, 9.17) is 5.73 Å². The van der Waals surface area contributed by atoms with E-state index in [1.807, 2.05) is 0 Å². The van der Waals surface area contributed by atoms with Gasteiger partial charge in [-0.15, -0.1) is 0 Å². The van der Waals surface area contributed by atoms with Crippen LogP contribution in [-0.2, 0) is 19.4 Å². The number of hydrogen-bond acceptors (Lipinski definition) is 2. The Bertz CT molecular complexity index is 328. The molecule has 0 aliphatic carbocycles. The van der Waals surface area contributed by atoms with E-state index >= 15 is 0 Å². The minimum absolute atomic E-state index is 0.647. The molecule has 2 rings (SSSR count). The third kappa shape index (κ3) is 1.46. The van der Waals surface area contributed by atoms with Crippen LogP contribution in [0.15, 0.2) is 0 Å². The fraction of sp³-hybridized carbons (Fsp3) is 0.727. The second-order valence-corrected chi connectivity index (χ2v) is 4.16. The summed E-state index contributed by atoms with van der Waals surface area (Å²) < 4.78 is 2.37. The second kappa shape index (κ2) is 3.73. The molecule has 1 aromatic rings. The second-order valence-electron chi connectivity index (χ2n) is 4.16. The van der Waals surface area contributed by atoms with Gasteiger partial charge in [-0.3, -0.25) is 0 Å². The number of rotatable bonds is 2. The molecule has 0 spiro atoms. The Morgan fingerprint density at radius 1 is 1.57 bits per heavy atom. The molecule has 0 radical (unpaired) electrons. The van der Waals surface area contributed by atoms with E-state index in [9.17, 15) is 0 Å². The van der Waals surface area contributed by atoms with Crippen LogP contribution in [0.5, 0.6) is 0 Å². The van der Waals surface area contributed by atoms with Crippen LogP contribution in [0.25, 0.3) is 0 Å². The highest BCUT2D eigenvalue weighted by molar-refractivity contribution is 5.17. The van der Waals surface area contributed by atoms with Gasteiger partial charge < -0.3 is 10.3 Å². The minimum Gasteiger partial charge on any atom is -0.332 e. The van der Waals surface area contributed by atoms with Crippen LogP contribution in [0.4, 0.5) is 0 Å². The Hall–Kier alpha value is -0.830. The first kappa shape index (κ1) is 9.71. The van der Waals surface area contributed by atoms with Gasteiger partial charge in [-0.1, -0.05) is 6.92 Å². The van der Waals surface area contributed by atoms with Crippen molar-refractivity contribution in [3.8, 4) is 0 Å². The SMILES string of the molecule is CCc1nc2n(c1C)CCC(CN)C2. The van der Waals surface area contributed by atoms with Gasteiger partial charge in [-0.25, -0.2) is 4.98 Å². The molecule has 0 fully saturated rings. The Labute approximate surface area is 85.3 Å². The van der Waals surface area contributed by atoms with Crippen molar-refractivity contribution in [2.45, 2.75) is 39.7 Å². The van der Waals surface area contributed by atoms with Crippen molar-refractivity contribution >= 4 is 0 Å². The minimum atomic E-state index is 0.647. The Kier molecular flexibility index (Phi) is 2.59. The van der Waals surface area contributed by atoms with Crippen LogP contribution in [0, 0.1) is 12.8 Å². The lowest BCUT2D eigenvalue weighted by atomic mass is 9.98. The summed E-state index contributed by atoms with van der Waals surface area (Å²) in [5.74, 6) is 1.90. The van der Waals surface area contributed by atoms with Gasteiger partial charge in [-0.05, 0) is 32.2 Å². The monoisotopic (exact) mass is 193 g/mol. The van der Waals surface area contributed by atoms with E-state index in [1.54, 1.807) is 0 Å². The summed E-state index contributed by atoms with van der Waals surface area (Å²) >= 11 is 0. The van der Waals surface area contributed by atoms with Gasteiger partial charge >= 0.3 is 0 Å². The van der Waals surface area contributed by atoms with E-state index in [0.717, 1.165) is 25.9 Å². The maximum atomic E-state index is 5.70. The highest BCUT2D eigenvalue weighted by Gasteiger charge is 2.21. The maximum Gasteiger partial charge on any atom is 0.109 e. The van der Waals surface area contributed by atoms with E-state index in [1.165, 1.54) is 23.6 Å². The van der Waals surface area contributed by atoms with Gasteiger partial charge in [0.2, 0.25) is 0 Å². The lowest BCUT2D eigenvalue weighted by Gasteiger charge is -2.22. The van der Waals surface area contributed by atoms with E-state index < -0.39 is 0 Å². The molecular formula is C11H19N3. The molecule has 3 heteroatoms. The summed E-state index contributed by atoms with van der Waals surface area (Å²) in [6.07, 6.45) is 3.32. The van der Waals surface area contributed by atoms with Crippen LogP contribution in [0.2, 0.25) is 0 Å². The predicted molar refractivity (Wildman–Crippen MR) is 57.2 cm³/mol. The number of aryl methyl sites for hydroxylation is 1. The number of nitrogens with zero attached hydrogens (tertiary/aromatic N) is 2. The molecule has 1 aliphatic heterocycles. The molecule has 1 aromatic heterocycles. The first-order chi connectivity index (χ1) is 6.76. The van der Waals surface area contributed by atoms with E-state index in [2.05, 4.69) is 23.4 Å². The summed E-state index contributed by atoms with van der Waals surface area (Å²) in [4.78, 5) is 4.67. The number of imidazole rings is 1. The molecule has 0 bridgehead atoms. The van der Waals surface area contributed by atoms with Crippen LogP contribution in [0.1, 0.15) is 30.6 Å². The van der Waals surface area contributed by atoms with Gasteiger partial charge in [0.25, 0.3) is 0 Å². The Morgan fingerprint density at radius 2 is 2.36 bits per heavy atom. The van der Waals surface area contributed by atoms with Crippen molar-refractivity contribution < 1.29 is 0 Å². The summed E-state index contributed by atoms with van der Waals surface area (Å²) in [5.41, 5.74) is 8.32. The normalized spacial score (nSPS) is 20.9. The number of nitrogens with two attached hydrogens (primary N) is 1. The standard InChI is InChI=1S/C11H19N3/c1-3-10-8(2)14-5-4-9(7-12)6-11(14)13-10/h9H,3-7,12H2,1-2H3. The zero-order chi connectivity index (χ0) is 10.1. The van der Waals surface area contributed by atoms with Crippen LogP contribution < -0.4 is 5.73 Å². The maximum absolute atomic E-state index is 5.70. The average Bonchev–Trinajstić information content (AvgIpc) is 2.55. The molecule has 1 unspecified atom stereocenters. The van der Waals surface area contributed by atoms with Gasteiger partial charge in [0.05, 0.1) is 5.69 Å². The molecule has 14 heavy (non-hydrogen) atoms. The van der Waals surface area contributed by atoms with Crippen molar-refractivity contribution in [3.05, 3.63) is 17.2 Å². The van der Waals surface area contributed by atoms with Crippen LogP contribution >= 0.6 is 0 Å². The van der Waals surface area contributed by atoms with Crippen molar-refractivity contribution in [1.82, 2.24) is 9.55 Å². The molecule has 78 valence electrons. The van der Waals surface area contributed by atoms with Crippen molar-refractivity contribution in [2.24, 2.45) is 11.7 Å². The zero-order valence-electron chi connectivity index (χ0n) is 9.08. The Morgan fingerprint density at radius 3 is 3.00 bits per heavy atom. The largest absolute Gasteiger partial charge is 0.332 e. The van der Waals surface area contributed by atoms with Gasteiger partial charge in [0.1, 0.15) is 5.82 Å². The summed E-state index contributed by atoms with van der Waals surface area (Å²) in [7, 11) is 0. The molecular weight excluding hydrogens is 174 g/mol. The highest BCUT2D eigenvalue weighted by atomic mass is 15.1. The molecule has 0 amide bonds. The van der Waals surface area contributed by atoms with Crippen LogP contribution in [-0.4, -0.2) is 16.1 Å². The van der Waals surface area contributed by atoms with E-state index in [-0.39, 0.29) is 0 Å². The number of fused-ring (bicyclic) bond motifs is 1. The average molecular weight is 193 g/mol. The van der Waals surface area contributed by atoms with Gasteiger partial charge in [0.15, 0.2) is 0 Å². The number of aromatic nitrogens is 2. The number of hydrogen-bond donors (Lipinski definition) is 1. The fourth-order valence-corrected chi connectivity index (χ4v) is 2.31.